The third kappa shape index (κ3) is 7.36. The van der Waals surface area contributed by atoms with E-state index < -0.39 is 36.9 Å². The van der Waals surface area contributed by atoms with E-state index in [9.17, 15) is 24.2 Å². The zero-order valence-electron chi connectivity index (χ0n) is 9.79. The molecular formula is C8H12N6O5. The standard InChI is InChI=1S/C8H12N6O5/c9-14-8(17)5(3-12-19)13-7(16)4-10-6(15)1-2-11-18/h5,9H,1-4H2,(H,10,15)(H,13,16)/t5-/m0/s1. The summed E-state index contributed by atoms with van der Waals surface area (Å²) in [5, 5.41) is 11.7. The first-order valence-corrected chi connectivity index (χ1v) is 5.10. The number of carbonyl (C=O) groups is 3. The minimum Gasteiger partial charge on any atom is -0.347 e. The lowest BCUT2D eigenvalue weighted by molar-refractivity contribution is -0.128. The smallest absolute Gasteiger partial charge is 0.288 e. The molecule has 104 valence electrons. The van der Waals surface area contributed by atoms with Crippen LogP contribution in [0.15, 0.2) is 15.5 Å². The third-order valence-corrected chi connectivity index (χ3v) is 1.88. The molecule has 0 fully saturated rings. The minimum absolute atomic E-state index is 0.156. The van der Waals surface area contributed by atoms with Gasteiger partial charge in [-0.2, -0.15) is 9.81 Å². The Morgan fingerprint density at radius 1 is 1.11 bits per heavy atom. The summed E-state index contributed by atoms with van der Waals surface area (Å²) in [6.45, 7) is -1.21. The van der Waals surface area contributed by atoms with Crippen LogP contribution in [0, 0.1) is 15.3 Å². The second-order valence-electron chi connectivity index (χ2n) is 3.26. The maximum atomic E-state index is 11.3. The Balaban J connectivity index is 4.15. The Morgan fingerprint density at radius 3 is 2.32 bits per heavy atom. The fourth-order valence-corrected chi connectivity index (χ4v) is 0.998. The average molecular weight is 272 g/mol. The molecule has 0 unspecified atom stereocenters. The largest absolute Gasteiger partial charge is 0.347 e. The summed E-state index contributed by atoms with van der Waals surface area (Å²) in [6.07, 6.45) is -0.156. The zero-order chi connectivity index (χ0) is 14.7. The molecule has 0 aliphatic heterocycles. The number of nitroso groups, excluding NO2 is 2. The van der Waals surface area contributed by atoms with Crippen molar-refractivity contribution in [1.82, 2.24) is 10.6 Å². The molecule has 0 heterocycles. The van der Waals surface area contributed by atoms with Crippen molar-refractivity contribution in [1.29, 1.82) is 5.53 Å². The summed E-state index contributed by atoms with van der Waals surface area (Å²) in [4.78, 5) is 53.2. The highest BCUT2D eigenvalue weighted by Gasteiger charge is 2.20. The summed E-state index contributed by atoms with van der Waals surface area (Å²) in [6, 6.07) is -1.32. The Labute approximate surface area is 107 Å². The van der Waals surface area contributed by atoms with Crippen LogP contribution in [0.5, 0.6) is 0 Å². The highest BCUT2D eigenvalue weighted by atomic mass is 16.3. The van der Waals surface area contributed by atoms with Crippen LogP contribution >= 0.6 is 0 Å². The Hall–Kier alpha value is -2.59. The number of nitrogens with zero attached hydrogens (tertiary/aromatic N) is 3. The molecule has 0 aromatic heterocycles. The van der Waals surface area contributed by atoms with Crippen molar-refractivity contribution < 1.29 is 14.4 Å². The monoisotopic (exact) mass is 272 g/mol. The van der Waals surface area contributed by atoms with E-state index in [4.69, 9.17) is 5.53 Å². The van der Waals surface area contributed by atoms with Crippen molar-refractivity contribution in [3.8, 4) is 0 Å². The molecule has 0 saturated carbocycles. The van der Waals surface area contributed by atoms with Gasteiger partial charge < -0.3 is 10.6 Å². The fraction of sp³-hybridized carbons (Fsp3) is 0.625. The van der Waals surface area contributed by atoms with E-state index in [1.54, 1.807) is 0 Å². The van der Waals surface area contributed by atoms with Crippen LogP contribution in [-0.2, 0) is 14.4 Å². The molecule has 11 nitrogen and oxygen atoms in total. The van der Waals surface area contributed by atoms with Crippen molar-refractivity contribution in [2.45, 2.75) is 12.5 Å². The van der Waals surface area contributed by atoms with E-state index in [-0.39, 0.29) is 13.0 Å². The summed E-state index contributed by atoms with van der Waals surface area (Å²) < 4.78 is 0. The molecule has 0 bridgehead atoms. The van der Waals surface area contributed by atoms with E-state index >= 15 is 0 Å². The molecule has 0 aromatic carbocycles. The lowest BCUT2D eigenvalue weighted by atomic mass is 10.3. The predicted octanol–water partition coefficient (Wildman–Crippen LogP) is -0.932. The topological polar surface area (TPSA) is 170 Å². The molecule has 0 aromatic rings. The molecule has 0 spiro atoms. The molecule has 0 radical (unpaired) electrons. The van der Waals surface area contributed by atoms with Gasteiger partial charge in [-0.25, -0.2) is 5.53 Å². The molecule has 3 N–H and O–H groups in total. The zero-order valence-corrected chi connectivity index (χ0v) is 9.79. The maximum absolute atomic E-state index is 11.3. The molecule has 3 amide bonds. The number of hydrogen-bond acceptors (Lipinski definition) is 8. The van der Waals surface area contributed by atoms with Crippen LogP contribution in [0.2, 0.25) is 0 Å². The van der Waals surface area contributed by atoms with Gasteiger partial charge in [0.15, 0.2) is 0 Å². The average Bonchev–Trinajstić information content (AvgIpc) is 2.41. The Kier molecular flexibility index (Phi) is 8.15. The first kappa shape index (κ1) is 16.4. The van der Waals surface area contributed by atoms with Gasteiger partial charge in [-0.1, -0.05) is 10.4 Å². The minimum atomic E-state index is -1.32. The van der Waals surface area contributed by atoms with Gasteiger partial charge in [0.05, 0.1) is 13.1 Å². The van der Waals surface area contributed by atoms with Crippen LogP contribution in [0.3, 0.4) is 0 Å². The number of amides is 3. The summed E-state index contributed by atoms with van der Waals surface area (Å²) in [5.41, 5.74) is 6.48. The second kappa shape index (κ2) is 9.44. The predicted molar refractivity (Wildman–Crippen MR) is 61.0 cm³/mol. The summed E-state index contributed by atoms with van der Waals surface area (Å²) in [7, 11) is 0. The van der Waals surface area contributed by atoms with Crippen LogP contribution in [0.1, 0.15) is 6.42 Å². The molecular weight excluding hydrogens is 260 g/mol. The van der Waals surface area contributed by atoms with E-state index in [0.29, 0.717) is 0 Å². The van der Waals surface area contributed by atoms with E-state index in [0.717, 1.165) is 0 Å². The van der Waals surface area contributed by atoms with Crippen molar-refractivity contribution in [2.75, 3.05) is 19.6 Å². The van der Waals surface area contributed by atoms with Gasteiger partial charge in [-0.15, -0.1) is 5.11 Å². The normalized spacial score (nSPS) is 10.9. The Bertz CT molecular complexity index is 384. The van der Waals surface area contributed by atoms with Gasteiger partial charge in [0, 0.05) is 6.42 Å². The van der Waals surface area contributed by atoms with Crippen molar-refractivity contribution in [2.24, 2.45) is 15.5 Å². The van der Waals surface area contributed by atoms with Crippen molar-refractivity contribution >= 4 is 17.7 Å². The number of hydrogen-bond donors (Lipinski definition) is 3. The number of rotatable bonds is 9. The highest BCUT2D eigenvalue weighted by molar-refractivity contribution is 5.90. The van der Waals surface area contributed by atoms with Gasteiger partial charge in [-0.3, -0.25) is 14.4 Å². The fourth-order valence-electron chi connectivity index (χ4n) is 0.998. The van der Waals surface area contributed by atoms with Crippen LogP contribution in [0.25, 0.3) is 0 Å². The number of carbonyl (C=O) groups excluding carboxylic acids is 3. The Morgan fingerprint density at radius 2 is 1.79 bits per heavy atom. The molecule has 0 aliphatic rings. The number of nitrogens with one attached hydrogen (secondary N) is 3. The van der Waals surface area contributed by atoms with Gasteiger partial charge in [-0.05, 0) is 0 Å². The maximum Gasteiger partial charge on any atom is 0.288 e. The van der Waals surface area contributed by atoms with Gasteiger partial charge in [0.1, 0.15) is 12.6 Å². The van der Waals surface area contributed by atoms with Gasteiger partial charge in [0.25, 0.3) is 5.91 Å². The first-order valence-electron chi connectivity index (χ1n) is 5.10. The highest BCUT2D eigenvalue weighted by Crippen LogP contribution is 1.90. The summed E-state index contributed by atoms with van der Waals surface area (Å²) in [5.74, 6) is -2.33. The van der Waals surface area contributed by atoms with Gasteiger partial charge in [0.2, 0.25) is 11.8 Å². The van der Waals surface area contributed by atoms with Crippen LogP contribution in [0.4, 0.5) is 0 Å². The van der Waals surface area contributed by atoms with E-state index in [2.05, 4.69) is 26.1 Å². The molecule has 11 heteroatoms. The lowest BCUT2D eigenvalue weighted by Crippen LogP contribution is -2.46. The first-order chi connectivity index (χ1) is 9.04. The molecule has 19 heavy (non-hydrogen) atoms. The van der Waals surface area contributed by atoms with Crippen molar-refractivity contribution in [3.63, 3.8) is 0 Å². The SMILES string of the molecule is N=NC(=O)[C@H](CN=O)NC(=O)CNC(=O)CCN=O. The molecule has 1 atom stereocenters. The van der Waals surface area contributed by atoms with E-state index in [1.165, 1.54) is 0 Å². The molecule has 0 saturated heterocycles. The van der Waals surface area contributed by atoms with Gasteiger partial charge >= 0.3 is 0 Å². The van der Waals surface area contributed by atoms with Crippen LogP contribution < -0.4 is 10.6 Å². The van der Waals surface area contributed by atoms with E-state index in [1.807, 2.05) is 0 Å². The lowest BCUT2D eigenvalue weighted by Gasteiger charge is -2.11. The molecule has 0 aliphatic carbocycles. The quantitative estimate of drug-likeness (QED) is 0.363. The van der Waals surface area contributed by atoms with Crippen LogP contribution in [-0.4, -0.2) is 43.4 Å². The van der Waals surface area contributed by atoms with Crippen molar-refractivity contribution in [3.05, 3.63) is 9.81 Å². The molecule has 0 rings (SSSR count). The second-order valence-corrected chi connectivity index (χ2v) is 3.26. The third-order valence-electron chi connectivity index (χ3n) is 1.88. The summed E-state index contributed by atoms with van der Waals surface area (Å²) >= 11 is 0.